The van der Waals surface area contributed by atoms with Gasteiger partial charge in [0.2, 0.25) is 11.9 Å². The quantitative estimate of drug-likeness (QED) is 0.260. The van der Waals surface area contributed by atoms with E-state index in [1.807, 2.05) is 12.1 Å². The second-order valence-electron chi connectivity index (χ2n) is 8.56. The van der Waals surface area contributed by atoms with Crippen LogP contribution in [0.3, 0.4) is 0 Å². The van der Waals surface area contributed by atoms with Crippen LogP contribution in [0.1, 0.15) is 36.9 Å². The third-order valence-electron chi connectivity index (χ3n) is 5.94. The molecule has 1 saturated heterocycles. The molecule has 10 nitrogen and oxygen atoms in total. The van der Waals surface area contributed by atoms with Crippen LogP contribution in [0.2, 0.25) is 0 Å². The average molecular weight is 454 g/mol. The molecule has 2 fully saturated rings. The molecule has 10 heteroatoms. The Morgan fingerprint density at radius 1 is 1.09 bits per heavy atom. The summed E-state index contributed by atoms with van der Waals surface area (Å²) in [5.74, 6) is 0.527. The van der Waals surface area contributed by atoms with Gasteiger partial charge < -0.3 is 16.0 Å². The van der Waals surface area contributed by atoms with Gasteiger partial charge in [-0.25, -0.2) is 4.79 Å². The monoisotopic (exact) mass is 454 g/mol. The molecule has 2 aliphatic rings. The second kappa shape index (κ2) is 7.84. The largest absolute Gasteiger partial charge is 0.351 e. The van der Waals surface area contributed by atoms with E-state index in [9.17, 15) is 9.59 Å². The molecule has 3 heterocycles. The highest BCUT2D eigenvalue weighted by Gasteiger charge is 2.26. The molecule has 1 saturated carbocycles. The van der Waals surface area contributed by atoms with Crippen LogP contribution in [0.15, 0.2) is 54.4 Å². The third kappa shape index (κ3) is 3.79. The van der Waals surface area contributed by atoms with Gasteiger partial charge in [-0.2, -0.15) is 19.6 Å². The molecule has 170 valence electrons. The van der Waals surface area contributed by atoms with Crippen LogP contribution in [0, 0.1) is 0 Å². The van der Waals surface area contributed by atoms with E-state index in [1.165, 1.54) is 10.8 Å². The number of urea groups is 1. The minimum Gasteiger partial charge on any atom is -0.351 e. The zero-order valence-electron chi connectivity index (χ0n) is 18.4. The predicted molar refractivity (Wildman–Crippen MR) is 128 cm³/mol. The molecule has 0 radical (unpaired) electrons. The first-order valence-corrected chi connectivity index (χ1v) is 11.1. The average Bonchev–Trinajstić information content (AvgIpc) is 3.47. The van der Waals surface area contributed by atoms with E-state index < -0.39 is 11.9 Å². The molecule has 0 bridgehead atoms. The number of amides is 3. The first-order chi connectivity index (χ1) is 16.5. The molecule has 6 rings (SSSR count). The van der Waals surface area contributed by atoms with Gasteiger partial charge in [-0.1, -0.05) is 36.4 Å². The molecule has 34 heavy (non-hydrogen) atoms. The Kier molecular flexibility index (Phi) is 4.65. The number of rotatable bonds is 6. The van der Waals surface area contributed by atoms with Crippen molar-refractivity contribution in [3.05, 3.63) is 65.5 Å². The van der Waals surface area contributed by atoms with Crippen molar-refractivity contribution < 1.29 is 9.59 Å². The van der Waals surface area contributed by atoms with Gasteiger partial charge in [0.25, 0.3) is 5.91 Å². The molecular weight excluding hydrogens is 432 g/mol. The highest BCUT2D eigenvalue weighted by atomic mass is 16.2. The topological polar surface area (TPSA) is 125 Å². The zero-order valence-corrected chi connectivity index (χ0v) is 18.4. The van der Waals surface area contributed by atoms with Gasteiger partial charge in [0.1, 0.15) is 5.70 Å². The summed E-state index contributed by atoms with van der Waals surface area (Å²) in [6.07, 6.45) is 5.31. The summed E-state index contributed by atoms with van der Waals surface area (Å²) in [5, 5.41) is 18.3. The molecular formula is C24H22N8O2. The molecule has 3 amide bonds. The van der Waals surface area contributed by atoms with Gasteiger partial charge in [-0.3, -0.25) is 10.1 Å². The van der Waals surface area contributed by atoms with Crippen LogP contribution in [0.25, 0.3) is 22.5 Å². The van der Waals surface area contributed by atoms with Crippen LogP contribution in [0.4, 0.5) is 16.7 Å². The maximum absolute atomic E-state index is 12.0. The molecule has 2 aromatic carbocycles. The maximum atomic E-state index is 12.0. The normalized spacial score (nSPS) is 17.7. The molecule has 1 aliphatic heterocycles. The number of nitrogens with zero attached hydrogens (tertiary/aromatic N) is 4. The fourth-order valence-electron chi connectivity index (χ4n) is 3.96. The second-order valence-corrected chi connectivity index (χ2v) is 8.56. The molecule has 1 unspecified atom stereocenters. The number of hydrogen-bond donors (Lipinski definition) is 4. The smallest absolute Gasteiger partial charge is 0.326 e. The molecule has 4 N–H and O–H groups in total. The van der Waals surface area contributed by atoms with Crippen molar-refractivity contribution in [2.75, 3.05) is 10.6 Å². The van der Waals surface area contributed by atoms with Crippen molar-refractivity contribution in [3.8, 4) is 0 Å². The molecule has 4 aromatic rings. The van der Waals surface area contributed by atoms with Gasteiger partial charge in [0, 0.05) is 11.6 Å². The van der Waals surface area contributed by atoms with Crippen LogP contribution < -0.4 is 21.3 Å². The lowest BCUT2D eigenvalue weighted by atomic mass is 10.0. The summed E-state index contributed by atoms with van der Waals surface area (Å²) >= 11 is 0. The van der Waals surface area contributed by atoms with Crippen molar-refractivity contribution >= 4 is 46.3 Å². The van der Waals surface area contributed by atoms with Crippen molar-refractivity contribution in [1.82, 2.24) is 30.2 Å². The number of imide groups is 1. The Morgan fingerprint density at radius 2 is 1.91 bits per heavy atom. The van der Waals surface area contributed by atoms with E-state index in [4.69, 9.17) is 0 Å². The lowest BCUT2D eigenvalue weighted by Crippen LogP contribution is -2.22. The first kappa shape index (κ1) is 20.2. The fourth-order valence-corrected chi connectivity index (χ4v) is 3.96. The minimum absolute atomic E-state index is 0.0505. The SMILES string of the molecule is CC(Nc1nc(NC2CC2)n2ncc(/C=C3\NC(=O)NC3=O)c2n1)c1ccc2ccccc2c1. The standard InChI is InChI=1S/C24H22N8O2/c1-13(15-7-6-14-4-2-3-5-16(14)10-15)26-22-29-20-17(11-19-21(33)30-24(34)28-19)12-25-32(20)23(31-22)27-18-8-9-18/h2-7,10-13,18H,8-9H2,1H3,(H2,26,27,29,31)(H2,28,30,33,34)/b19-11-. The Morgan fingerprint density at radius 3 is 2.68 bits per heavy atom. The minimum atomic E-state index is -0.551. The maximum Gasteiger partial charge on any atom is 0.326 e. The summed E-state index contributed by atoms with van der Waals surface area (Å²) in [5.41, 5.74) is 2.37. The summed E-state index contributed by atoms with van der Waals surface area (Å²) < 4.78 is 1.62. The third-order valence-corrected chi connectivity index (χ3v) is 5.94. The van der Waals surface area contributed by atoms with Gasteiger partial charge >= 0.3 is 6.03 Å². The van der Waals surface area contributed by atoms with Gasteiger partial charge in [0.05, 0.1) is 12.2 Å². The Hall–Kier alpha value is -4.47. The Labute approximate surface area is 194 Å². The Balaban J connectivity index is 1.36. The highest BCUT2D eigenvalue weighted by molar-refractivity contribution is 6.14. The number of hydrogen-bond acceptors (Lipinski definition) is 7. The number of carbonyl (C=O) groups is 2. The van der Waals surface area contributed by atoms with Crippen molar-refractivity contribution in [1.29, 1.82) is 0 Å². The zero-order chi connectivity index (χ0) is 23.2. The lowest BCUT2D eigenvalue weighted by Gasteiger charge is -2.16. The van der Waals surface area contributed by atoms with Gasteiger partial charge in [-0.05, 0) is 48.2 Å². The van der Waals surface area contributed by atoms with Crippen LogP contribution in [-0.2, 0) is 4.79 Å². The predicted octanol–water partition coefficient (Wildman–Crippen LogP) is 3.21. The number of fused-ring (bicyclic) bond motifs is 2. The van der Waals surface area contributed by atoms with Crippen molar-refractivity contribution in [3.63, 3.8) is 0 Å². The van der Waals surface area contributed by atoms with E-state index in [-0.39, 0.29) is 11.7 Å². The number of carbonyl (C=O) groups excluding carboxylic acids is 2. The number of nitrogens with one attached hydrogen (secondary N) is 4. The van der Waals surface area contributed by atoms with Crippen molar-refractivity contribution in [2.45, 2.75) is 31.8 Å². The number of benzene rings is 2. The Bertz CT molecular complexity index is 1490. The highest BCUT2D eigenvalue weighted by Crippen LogP contribution is 2.27. The molecule has 1 atom stereocenters. The summed E-state index contributed by atoms with van der Waals surface area (Å²) in [7, 11) is 0. The number of anilines is 2. The molecule has 1 aliphatic carbocycles. The van der Waals surface area contributed by atoms with E-state index in [0.29, 0.717) is 29.1 Å². The summed E-state index contributed by atoms with van der Waals surface area (Å²) in [4.78, 5) is 32.8. The summed E-state index contributed by atoms with van der Waals surface area (Å²) in [6, 6.07) is 14.4. The van der Waals surface area contributed by atoms with Crippen LogP contribution >= 0.6 is 0 Å². The van der Waals surface area contributed by atoms with Gasteiger partial charge in [-0.15, -0.1) is 0 Å². The van der Waals surface area contributed by atoms with E-state index in [2.05, 4.69) is 73.6 Å². The van der Waals surface area contributed by atoms with E-state index >= 15 is 0 Å². The van der Waals surface area contributed by atoms with E-state index in [0.717, 1.165) is 18.4 Å². The lowest BCUT2D eigenvalue weighted by molar-refractivity contribution is -0.115. The summed E-state index contributed by atoms with van der Waals surface area (Å²) in [6.45, 7) is 2.06. The fraction of sp³-hybridized carbons (Fsp3) is 0.208. The van der Waals surface area contributed by atoms with Crippen molar-refractivity contribution in [2.24, 2.45) is 0 Å². The molecule has 2 aromatic heterocycles. The van der Waals surface area contributed by atoms with Crippen LogP contribution in [0.5, 0.6) is 0 Å². The van der Waals surface area contributed by atoms with E-state index in [1.54, 1.807) is 16.8 Å². The number of aromatic nitrogens is 4. The van der Waals surface area contributed by atoms with Gasteiger partial charge in [0.15, 0.2) is 5.65 Å². The van der Waals surface area contributed by atoms with Crippen LogP contribution in [-0.4, -0.2) is 37.6 Å². The molecule has 0 spiro atoms. The first-order valence-electron chi connectivity index (χ1n) is 11.1.